The Balaban J connectivity index is 1.01. The molecule has 4 aliphatic heterocycles. The molecule has 20 nitrogen and oxygen atoms in total. The van der Waals surface area contributed by atoms with Crippen molar-refractivity contribution in [2.45, 2.75) is 75.3 Å². The van der Waals surface area contributed by atoms with Gasteiger partial charge in [0, 0.05) is 86.6 Å². The average molecular weight is 1210 g/mol. The van der Waals surface area contributed by atoms with E-state index in [-0.39, 0.29) is 43.5 Å². The molecule has 23 heteroatoms. The molecule has 1 unspecified atom stereocenters. The van der Waals surface area contributed by atoms with E-state index in [0.29, 0.717) is 111 Å². The summed E-state index contributed by atoms with van der Waals surface area (Å²) in [6, 6.07) is 29.4. The van der Waals surface area contributed by atoms with Gasteiger partial charge in [0.25, 0.3) is 27.8 Å². The second-order valence-electron chi connectivity index (χ2n) is 21.5. The molecule has 0 aliphatic carbocycles. The van der Waals surface area contributed by atoms with E-state index in [1.807, 2.05) is 71.4 Å². The van der Waals surface area contributed by atoms with Crippen LogP contribution in [0.3, 0.4) is 0 Å². The van der Waals surface area contributed by atoms with Crippen molar-refractivity contribution in [1.82, 2.24) is 10.9 Å². The molecule has 0 saturated carbocycles. The summed E-state index contributed by atoms with van der Waals surface area (Å²) in [4.78, 5) is 49.9. The van der Waals surface area contributed by atoms with E-state index < -0.39 is 26.0 Å². The number of fused-ring (bicyclic) bond motifs is 8. The molecule has 84 heavy (non-hydrogen) atoms. The highest BCUT2D eigenvalue weighted by atomic mass is 33.1. The number of likely N-dealkylation sites (N-methyl/N-ethyl adjacent to an activating group) is 1. The maximum absolute atomic E-state index is 14.5. The number of benzene rings is 5. The molecule has 3 amide bonds. The van der Waals surface area contributed by atoms with Crippen molar-refractivity contribution in [3.63, 3.8) is 0 Å². The van der Waals surface area contributed by atoms with Crippen molar-refractivity contribution in [2.75, 3.05) is 132 Å². The van der Waals surface area contributed by atoms with E-state index in [0.717, 1.165) is 65.0 Å². The smallest absolute Gasteiger partial charge is 0.279 e. The number of nitrogens with one attached hydrogen (secondary N) is 3. The molecule has 5 aromatic rings. The van der Waals surface area contributed by atoms with Crippen LogP contribution >= 0.6 is 21.6 Å². The normalized spacial score (nSPS) is 16.5. The molecular weight excluding hydrogens is 1130 g/mol. The average Bonchev–Trinajstić information content (AvgIpc) is 3.20. The number of para-hydroxylation sites is 2. The highest BCUT2D eigenvalue weighted by Crippen LogP contribution is 2.44. The highest BCUT2D eigenvalue weighted by Gasteiger charge is 2.41. The van der Waals surface area contributed by atoms with E-state index in [1.54, 1.807) is 51.2 Å². The van der Waals surface area contributed by atoms with Gasteiger partial charge in [-0.1, -0.05) is 64.9 Å². The van der Waals surface area contributed by atoms with Gasteiger partial charge in [0.15, 0.2) is 28.2 Å². The van der Waals surface area contributed by atoms with Gasteiger partial charge in [-0.25, -0.2) is 5.43 Å². The van der Waals surface area contributed by atoms with Crippen LogP contribution in [0.4, 0.5) is 28.4 Å². The summed E-state index contributed by atoms with van der Waals surface area (Å²) in [5.41, 5.74) is 14.2. The molecule has 0 aromatic heterocycles. The number of nitrogens with zero attached hydrogens (tertiary/aromatic N) is 4. The molecular formula is C61H77N7O13S3. The number of ether oxygens (including phenoxy) is 7. The Labute approximate surface area is 500 Å². The van der Waals surface area contributed by atoms with Crippen LogP contribution in [-0.4, -0.2) is 155 Å². The lowest BCUT2D eigenvalue weighted by Crippen LogP contribution is -2.46. The third-order valence-electron chi connectivity index (χ3n) is 15.1. The Kier molecular flexibility index (Phi) is 20.8. The molecule has 5 aromatic carbocycles. The molecule has 4 heterocycles. The maximum atomic E-state index is 14.5. The summed E-state index contributed by atoms with van der Waals surface area (Å²) in [6.45, 7) is 10.8. The van der Waals surface area contributed by atoms with Gasteiger partial charge in [0.05, 0.1) is 88.9 Å². The minimum absolute atomic E-state index is 0.0283. The van der Waals surface area contributed by atoms with Crippen LogP contribution in [0.15, 0.2) is 91.0 Å². The van der Waals surface area contributed by atoms with Crippen LogP contribution in [-0.2, 0) is 59.4 Å². The van der Waals surface area contributed by atoms with Gasteiger partial charge >= 0.3 is 0 Å². The first-order chi connectivity index (χ1) is 40.6. The van der Waals surface area contributed by atoms with Crippen molar-refractivity contribution >= 4 is 77.9 Å². The number of hydrogen-bond donors (Lipinski definition) is 3. The number of anilines is 5. The van der Waals surface area contributed by atoms with Gasteiger partial charge < -0.3 is 58.1 Å². The van der Waals surface area contributed by atoms with Crippen molar-refractivity contribution in [2.24, 2.45) is 0 Å². The Morgan fingerprint density at radius 3 is 1.99 bits per heavy atom. The number of carbonyl (C=O) groups is 3. The van der Waals surface area contributed by atoms with Gasteiger partial charge in [0.1, 0.15) is 13.2 Å². The van der Waals surface area contributed by atoms with Crippen LogP contribution in [0.2, 0.25) is 0 Å². The second-order valence-corrected chi connectivity index (χ2v) is 26.5. The zero-order valence-corrected chi connectivity index (χ0v) is 51.5. The van der Waals surface area contributed by atoms with E-state index >= 15 is 0 Å². The van der Waals surface area contributed by atoms with Crippen molar-refractivity contribution < 1.29 is 60.1 Å². The number of methoxy groups -OCH3 is 3. The number of hydrazine groups is 1. The van der Waals surface area contributed by atoms with Gasteiger partial charge in [-0.15, -0.1) is 0 Å². The second kappa shape index (κ2) is 28.2. The fraction of sp³-hybridized carbons (Fsp3) is 0.459. The molecule has 0 radical (unpaired) electrons. The molecule has 4 aliphatic rings. The fourth-order valence-electron chi connectivity index (χ4n) is 11.1. The lowest BCUT2D eigenvalue weighted by Gasteiger charge is -2.34. The minimum atomic E-state index is -4.17. The van der Waals surface area contributed by atoms with E-state index in [4.69, 9.17) is 37.3 Å². The fourth-order valence-corrected chi connectivity index (χ4v) is 14.8. The monoisotopic (exact) mass is 1210 g/mol. The topological polar surface area (TPSA) is 208 Å². The summed E-state index contributed by atoms with van der Waals surface area (Å²) in [6.07, 6.45) is 1.53. The van der Waals surface area contributed by atoms with Gasteiger partial charge in [-0.2, -0.15) is 8.42 Å². The summed E-state index contributed by atoms with van der Waals surface area (Å²) in [5.74, 6) is 1.19. The molecule has 3 atom stereocenters. The Morgan fingerprint density at radius 2 is 1.35 bits per heavy atom. The SMILES string of the molecule is CCNNC(=O)C(CCSSC(C)(C)CN(CCOCCOCCOC)c1cc(COc2cc3c(cc2OC)C(=O)N2c4ccccc4C[C@H]2CN3)cc(COc2cc3c(cc2OC)C(=O)N2c4ccccc4C[C@H]2CN3C)c1)S(=O)(=O)OC. The number of carbonyl (C=O) groups excluding carboxylic acids is 3. The predicted molar refractivity (Wildman–Crippen MR) is 330 cm³/mol. The Morgan fingerprint density at radius 1 is 0.750 bits per heavy atom. The van der Waals surface area contributed by atoms with Crippen LogP contribution in [0, 0.1) is 0 Å². The van der Waals surface area contributed by atoms with Crippen LogP contribution in [0.1, 0.15) is 70.2 Å². The number of rotatable bonds is 30. The van der Waals surface area contributed by atoms with Crippen LogP contribution in [0.25, 0.3) is 0 Å². The molecule has 452 valence electrons. The Hall–Kier alpha value is -6.44. The Bertz CT molecular complexity index is 3260. The molecule has 0 spiro atoms. The largest absolute Gasteiger partial charge is 0.493 e. The van der Waals surface area contributed by atoms with Crippen LogP contribution < -0.4 is 54.7 Å². The molecule has 9 rings (SSSR count). The summed E-state index contributed by atoms with van der Waals surface area (Å²) in [5, 5.41) is 2.14. The first-order valence-electron chi connectivity index (χ1n) is 28.2. The van der Waals surface area contributed by atoms with Gasteiger partial charge in [-0.3, -0.25) is 24.0 Å². The van der Waals surface area contributed by atoms with E-state index in [9.17, 15) is 22.8 Å². The number of hydrogen-bond acceptors (Lipinski definition) is 19. The van der Waals surface area contributed by atoms with E-state index in [2.05, 4.69) is 64.1 Å². The molecule has 3 N–H and O–H groups in total. The molecule has 0 saturated heterocycles. The maximum Gasteiger partial charge on any atom is 0.279 e. The van der Waals surface area contributed by atoms with Gasteiger partial charge in [-0.05, 0) is 97.8 Å². The lowest BCUT2D eigenvalue weighted by atomic mass is 10.1. The first kappa shape index (κ1) is 62.1. The lowest BCUT2D eigenvalue weighted by molar-refractivity contribution is -0.121. The zero-order valence-electron chi connectivity index (χ0n) is 49.0. The summed E-state index contributed by atoms with van der Waals surface area (Å²) >= 11 is 0. The minimum Gasteiger partial charge on any atom is -0.493 e. The third kappa shape index (κ3) is 14.4. The standard InChI is InChI=1S/C61H77N7O13S3/c1-9-63-64-58(69)57(84(72,73)77-8)18-25-82-83-61(2,3)39-66(19-20-78-23-24-79-22-21-74-5)44-27-40(37-80-55-33-49-47(31-53(55)75-6)59(70)67-45(35-62-49)29-42-14-10-12-16-50(42)67)26-41(28-44)38-81-56-34-52-48(32-54(56)76-7)60(71)68-46(36-65(52)4)30-43-15-11-13-17-51(43)68/h10-17,26-28,31-34,45-46,57,62-63H,9,18-25,29-30,35-39H2,1-8H3,(H,64,69)/t45-,46-,57?/m0/s1. The first-order valence-corrected chi connectivity index (χ1v) is 32.0. The van der Waals surface area contributed by atoms with Crippen LogP contribution in [0.5, 0.6) is 23.0 Å². The molecule has 0 fully saturated rings. The number of amides is 3. The van der Waals surface area contributed by atoms with Crippen molar-refractivity contribution in [1.29, 1.82) is 0 Å². The van der Waals surface area contributed by atoms with Crippen molar-refractivity contribution in [3.8, 4) is 23.0 Å². The predicted octanol–water partition coefficient (Wildman–Crippen LogP) is 7.90. The highest BCUT2D eigenvalue weighted by molar-refractivity contribution is 8.77. The van der Waals surface area contributed by atoms with E-state index in [1.165, 1.54) is 10.8 Å². The molecule has 0 bridgehead atoms. The summed E-state index contributed by atoms with van der Waals surface area (Å²) < 4.78 is 72.4. The zero-order chi connectivity index (χ0) is 59.5. The quantitative estimate of drug-likeness (QED) is 0.0173. The van der Waals surface area contributed by atoms with Gasteiger partial charge in [0.2, 0.25) is 0 Å². The third-order valence-corrected chi connectivity index (χ3v) is 20.1. The van der Waals surface area contributed by atoms with Crippen molar-refractivity contribution in [3.05, 3.63) is 124 Å². The summed E-state index contributed by atoms with van der Waals surface area (Å²) in [7, 11) is 6.71.